The van der Waals surface area contributed by atoms with Gasteiger partial charge < -0.3 is 19.1 Å². The number of rotatable bonds is 3. The molecule has 1 N–H and O–H groups in total. The molecule has 0 unspecified atom stereocenters. The highest BCUT2D eigenvalue weighted by Gasteiger charge is 2.29. The van der Waals surface area contributed by atoms with Gasteiger partial charge in [0.2, 0.25) is 0 Å². The van der Waals surface area contributed by atoms with Gasteiger partial charge in [0.15, 0.2) is 5.69 Å². The molecule has 2 atom stereocenters. The van der Waals surface area contributed by atoms with E-state index in [1.807, 2.05) is 17.7 Å². The van der Waals surface area contributed by atoms with Gasteiger partial charge in [0, 0.05) is 38.0 Å². The van der Waals surface area contributed by atoms with Crippen molar-refractivity contribution < 1.29 is 14.4 Å². The van der Waals surface area contributed by atoms with E-state index < -0.39 is 6.10 Å². The van der Waals surface area contributed by atoms with Crippen LogP contribution in [-0.4, -0.2) is 49.8 Å². The molecule has 22 heavy (non-hydrogen) atoms. The van der Waals surface area contributed by atoms with Crippen LogP contribution in [0.5, 0.6) is 0 Å². The lowest BCUT2D eigenvalue weighted by molar-refractivity contribution is 0.0741. The lowest BCUT2D eigenvalue weighted by Gasteiger charge is -2.21. The van der Waals surface area contributed by atoms with Gasteiger partial charge in [-0.05, 0) is 12.8 Å². The molecule has 7 nitrogen and oxygen atoms in total. The van der Waals surface area contributed by atoms with E-state index in [4.69, 9.17) is 4.52 Å². The first-order valence-electron chi connectivity index (χ1n) is 7.59. The van der Waals surface area contributed by atoms with Gasteiger partial charge in [-0.15, -0.1) is 0 Å². The topological polar surface area (TPSA) is 84.4 Å². The number of hydrogen-bond acceptors (Lipinski definition) is 5. The highest BCUT2D eigenvalue weighted by Crippen LogP contribution is 2.24. The monoisotopic (exact) mass is 304 g/mol. The summed E-state index contributed by atoms with van der Waals surface area (Å²) in [7, 11) is 0. The Bertz CT molecular complexity index is 623. The van der Waals surface area contributed by atoms with E-state index in [0.29, 0.717) is 43.8 Å². The Morgan fingerprint density at radius 2 is 2.27 bits per heavy atom. The van der Waals surface area contributed by atoms with Crippen molar-refractivity contribution in [3.05, 3.63) is 36.2 Å². The van der Waals surface area contributed by atoms with Crippen molar-refractivity contribution in [3.63, 3.8) is 0 Å². The second-order valence-electron chi connectivity index (χ2n) is 5.55. The Morgan fingerprint density at radius 1 is 1.45 bits per heavy atom. The molecule has 0 spiro atoms. The summed E-state index contributed by atoms with van der Waals surface area (Å²) < 4.78 is 7.01. The lowest BCUT2D eigenvalue weighted by Crippen LogP contribution is -2.32. The standard InChI is InChI=1S/C15H20N4O3/c1-2-11-9-12(17-22-11)15(21)18-6-3-13(14(20)4-7-18)19-8-5-16-10-19/h5,8-10,13-14,20H,2-4,6-7H2,1H3/t13-,14-/m0/s1. The molecule has 0 radical (unpaired) electrons. The van der Waals surface area contributed by atoms with Gasteiger partial charge in [0.25, 0.3) is 5.91 Å². The quantitative estimate of drug-likeness (QED) is 0.923. The maximum atomic E-state index is 12.5. The summed E-state index contributed by atoms with van der Waals surface area (Å²) in [6, 6.07) is 1.64. The number of hydrogen-bond donors (Lipinski definition) is 1. The van der Waals surface area contributed by atoms with Crippen LogP contribution in [0.15, 0.2) is 29.3 Å². The summed E-state index contributed by atoms with van der Waals surface area (Å²) in [5.41, 5.74) is 0.340. The van der Waals surface area contributed by atoms with Crippen LogP contribution in [0.4, 0.5) is 0 Å². The molecule has 1 saturated heterocycles. The van der Waals surface area contributed by atoms with Crippen LogP contribution in [0.1, 0.15) is 42.1 Å². The van der Waals surface area contributed by atoms with Gasteiger partial charge >= 0.3 is 0 Å². The molecule has 118 valence electrons. The van der Waals surface area contributed by atoms with E-state index in [0.717, 1.165) is 0 Å². The highest BCUT2D eigenvalue weighted by atomic mass is 16.5. The van der Waals surface area contributed by atoms with Crippen molar-refractivity contribution in [2.24, 2.45) is 0 Å². The third-order valence-electron chi connectivity index (χ3n) is 4.16. The predicted octanol–water partition coefficient (Wildman–Crippen LogP) is 1.27. The van der Waals surface area contributed by atoms with E-state index >= 15 is 0 Å². The van der Waals surface area contributed by atoms with Crippen LogP contribution in [0, 0.1) is 0 Å². The van der Waals surface area contributed by atoms with Crippen molar-refractivity contribution in [3.8, 4) is 0 Å². The third kappa shape index (κ3) is 2.89. The molecule has 1 amide bonds. The minimum Gasteiger partial charge on any atom is -0.391 e. The fraction of sp³-hybridized carbons (Fsp3) is 0.533. The molecule has 0 bridgehead atoms. The lowest BCUT2D eigenvalue weighted by atomic mass is 10.1. The van der Waals surface area contributed by atoms with Crippen LogP contribution in [-0.2, 0) is 6.42 Å². The van der Waals surface area contributed by atoms with Crippen molar-refractivity contribution in [2.75, 3.05) is 13.1 Å². The van der Waals surface area contributed by atoms with Crippen molar-refractivity contribution in [2.45, 2.75) is 38.3 Å². The Kier molecular flexibility index (Phi) is 4.24. The van der Waals surface area contributed by atoms with Gasteiger partial charge in [-0.2, -0.15) is 0 Å². The molecular weight excluding hydrogens is 284 g/mol. The number of amides is 1. The number of likely N-dealkylation sites (tertiary alicyclic amines) is 1. The number of carbonyl (C=O) groups excluding carboxylic acids is 1. The fourth-order valence-electron chi connectivity index (χ4n) is 2.83. The molecular formula is C15H20N4O3. The van der Waals surface area contributed by atoms with Crippen LogP contribution in [0.3, 0.4) is 0 Å². The summed E-state index contributed by atoms with van der Waals surface area (Å²) >= 11 is 0. The molecule has 1 aliphatic rings. The van der Waals surface area contributed by atoms with Crippen molar-refractivity contribution in [1.82, 2.24) is 19.6 Å². The van der Waals surface area contributed by atoms with Gasteiger partial charge in [0.1, 0.15) is 5.76 Å². The summed E-state index contributed by atoms with van der Waals surface area (Å²) in [6.45, 7) is 3.04. The number of imidazole rings is 1. The van der Waals surface area contributed by atoms with Gasteiger partial charge in [0.05, 0.1) is 18.5 Å². The Hall–Kier alpha value is -2.15. The zero-order valence-corrected chi connectivity index (χ0v) is 12.6. The first-order valence-corrected chi connectivity index (χ1v) is 7.59. The van der Waals surface area contributed by atoms with Crippen molar-refractivity contribution >= 4 is 5.91 Å². The number of aliphatic hydroxyl groups is 1. The smallest absolute Gasteiger partial charge is 0.276 e. The minimum absolute atomic E-state index is 0.0520. The third-order valence-corrected chi connectivity index (χ3v) is 4.16. The number of aromatic nitrogens is 3. The SMILES string of the molecule is CCc1cc(C(=O)N2CC[C@H](O)[C@@H](n3ccnc3)CC2)no1. The second-order valence-corrected chi connectivity index (χ2v) is 5.55. The molecule has 3 heterocycles. The predicted molar refractivity (Wildman–Crippen MR) is 78.3 cm³/mol. The average Bonchev–Trinajstić information content (AvgIpc) is 3.18. The molecule has 0 aliphatic carbocycles. The summed E-state index contributed by atoms with van der Waals surface area (Å²) in [6.07, 6.45) is 6.68. The van der Waals surface area contributed by atoms with Crippen LogP contribution < -0.4 is 0 Å². The number of aryl methyl sites for hydroxylation is 1. The Morgan fingerprint density at radius 3 is 2.95 bits per heavy atom. The molecule has 1 aliphatic heterocycles. The Labute approximate surface area is 128 Å². The first-order chi connectivity index (χ1) is 10.7. The number of carbonyl (C=O) groups is 1. The van der Waals surface area contributed by atoms with E-state index in [1.165, 1.54) is 0 Å². The summed E-state index contributed by atoms with van der Waals surface area (Å²) in [5.74, 6) is 0.566. The summed E-state index contributed by atoms with van der Waals surface area (Å²) in [5, 5.41) is 14.1. The van der Waals surface area contributed by atoms with Crippen LogP contribution in [0.25, 0.3) is 0 Å². The molecule has 2 aromatic heterocycles. The van der Waals surface area contributed by atoms with E-state index in [1.54, 1.807) is 23.5 Å². The molecule has 2 aromatic rings. The van der Waals surface area contributed by atoms with Crippen molar-refractivity contribution in [1.29, 1.82) is 0 Å². The number of aliphatic hydroxyl groups excluding tert-OH is 1. The van der Waals surface area contributed by atoms with E-state index in [2.05, 4.69) is 10.1 Å². The number of nitrogens with zero attached hydrogens (tertiary/aromatic N) is 4. The highest BCUT2D eigenvalue weighted by molar-refractivity contribution is 5.92. The summed E-state index contributed by atoms with van der Waals surface area (Å²) in [4.78, 5) is 18.2. The van der Waals surface area contributed by atoms with Gasteiger partial charge in [-0.3, -0.25) is 4.79 Å². The van der Waals surface area contributed by atoms with Crippen LogP contribution in [0.2, 0.25) is 0 Å². The zero-order valence-electron chi connectivity index (χ0n) is 12.6. The van der Waals surface area contributed by atoms with E-state index in [-0.39, 0.29) is 11.9 Å². The molecule has 0 saturated carbocycles. The molecule has 0 aromatic carbocycles. The maximum Gasteiger partial charge on any atom is 0.276 e. The minimum atomic E-state index is -0.490. The molecule has 1 fully saturated rings. The first kappa shape index (κ1) is 14.8. The average molecular weight is 304 g/mol. The fourth-order valence-corrected chi connectivity index (χ4v) is 2.83. The Balaban J connectivity index is 1.70. The zero-order chi connectivity index (χ0) is 15.5. The molecule has 3 rings (SSSR count). The van der Waals surface area contributed by atoms with Gasteiger partial charge in [-0.1, -0.05) is 12.1 Å². The second kappa shape index (κ2) is 6.31. The van der Waals surface area contributed by atoms with Gasteiger partial charge in [-0.25, -0.2) is 4.98 Å². The maximum absolute atomic E-state index is 12.5. The van der Waals surface area contributed by atoms with Crippen LogP contribution >= 0.6 is 0 Å². The molecule has 7 heteroatoms. The normalized spacial score (nSPS) is 22.5. The largest absolute Gasteiger partial charge is 0.391 e. The van der Waals surface area contributed by atoms with E-state index in [9.17, 15) is 9.90 Å².